The Morgan fingerprint density at radius 1 is 1.23 bits per heavy atom. The van der Waals surface area contributed by atoms with Gasteiger partial charge in [-0.3, -0.25) is 4.79 Å². The number of nitriles is 1. The van der Waals surface area contributed by atoms with Crippen LogP contribution in [-0.4, -0.2) is 24.0 Å². The predicted molar refractivity (Wildman–Crippen MR) is 83.7 cm³/mol. The van der Waals surface area contributed by atoms with Crippen molar-refractivity contribution in [1.29, 1.82) is 5.26 Å². The molecule has 2 aromatic rings. The maximum absolute atomic E-state index is 12.4. The Bertz CT molecular complexity index is 702. The van der Waals surface area contributed by atoms with E-state index in [0.717, 1.165) is 29.1 Å². The van der Waals surface area contributed by atoms with Crippen molar-refractivity contribution in [2.45, 2.75) is 6.42 Å². The van der Waals surface area contributed by atoms with Crippen LogP contribution in [0.4, 0.5) is 5.82 Å². The highest BCUT2D eigenvalue weighted by molar-refractivity contribution is 5.97. The van der Waals surface area contributed by atoms with E-state index < -0.39 is 0 Å². The number of hydrogen-bond acceptors (Lipinski definition) is 4. The minimum absolute atomic E-state index is 0.151. The number of aromatic nitrogens is 1. The molecule has 1 atom stereocenters. The lowest BCUT2D eigenvalue weighted by molar-refractivity contribution is -0.121. The summed E-state index contributed by atoms with van der Waals surface area (Å²) in [6.07, 6.45) is 2.73. The number of benzene rings is 1. The van der Waals surface area contributed by atoms with Crippen LogP contribution in [0.15, 0.2) is 48.5 Å². The molecule has 1 N–H and O–H groups in total. The van der Waals surface area contributed by atoms with E-state index in [4.69, 9.17) is 0 Å². The summed E-state index contributed by atoms with van der Waals surface area (Å²) in [5.41, 5.74) is 1.70. The van der Waals surface area contributed by atoms with Gasteiger partial charge in [-0.15, -0.1) is 0 Å². The second-order valence-corrected chi connectivity index (χ2v) is 5.21. The third-order valence-corrected chi connectivity index (χ3v) is 3.76. The first-order valence-electron chi connectivity index (χ1n) is 7.26. The summed E-state index contributed by atoms with van der Waals surface area (Å²) in [4.78, 5) is 18.0. The van der Waals surface area contributed by atoms with E-state index in [1.54, 1.807) is 6.07 Å². The molecule has 1 fully saturated rings. The third kappa shape index (κ3) is 2.83. The number of anilines is 1. The Morgan fingerprint density at radius 3 is 2.73 bits per heavy atom. The maximum atomic E-state index is 12.4. The van der Waals surface area contributed by atoms with Gasteiger partial charge in [-0.2, -0.15) is 10.2 Å². The van der Waals surface area contributed by atoms with Gasteiger partial charge in [-0.25, -0.2) is 4.98 Å². The number of carbonyl (C=O) groups excluding carboxylic acids is 1. The molecule has 1 aromatic carbocycles. The zero-order valence-corrected chi connectivity index (χ0v) is 12.1. The molecular weight excluding hydrogens is 276 g/mol. The van der Waals surface area contributed by atoms with Crippen LogP contribution >= 0.6 is 0 Å². The van der Waals surface area contributed by atoms with Crippen LogP contribution in [0.2, 0.25) is 0 Å². The monoisotopic (exact) mass is 292 g/mol. The van der Waals surface area contributed by atoms with E-state index in [9.17, 15) is 10.1 Å². The minimum atomic E-state index is -0.190. The summed E-state index contributed by atoms with van der Waals surface area (Å²) in [7, 11) is 0. The van der Waals surface area contributed by atoms with Crippen molar-refractivity contribution in [1.82, 2.24) is 10.3 Å². The van der Waals surface area contributed by atoms with Crippen molar-refractivity contribution in [2.75, 3.05) is 18.0 Å². The van der Waals surface area contributed by atoms with Crippen molar-refractivity contribution in [2.24, 2.45) is 5.92 Å². The molecule has 0 radical (unpaired) electrons. The molecule has 0 bridgehead atoms. The Balaban J connectivity index is 1.90. The van der Waals surface area contributed by atoms with Gasteiger partial charge in [0.1, 0.15) is 5.82 Å². The smallest absolute Gasteiger partial charge is 0.246 e. The molecule has 0 spiro atoms. The quantitative estimate of drug-likeness (QED) is 0.695. The Hall–Kier alpha value is -2.71. The van der Waals surface area contributed by atoms with E-state index in [0.29, 0.717) is 12.4 Å². The van der Waals surface area contributed by atoms with Gasteiger partial charge in [0.05, 0.1) is 11.6 Å². The minimum Gasteiger partial charge on any atom is -0.316 e. The first-order valence-corrected chi connectivity index (χ1v) is 7.26. The number of hydrogen-bond donors (Lipinski definition) is 1. The first kappa shape index (κ1) is 14.2. The number of nitrogens with one attached hydrogen (secondary N) is 1. The standard InChI is InChI=1S/C17H16N4O/c18-12-21(17(22)14-9-10-19-11-14)16-8-4-7-15(20-16)13-5-2-1-3-6-13/h1-8,14,19H,9-11H2/t14-/m0/s1. The topological polar surface area (TPSA) is 69.0 Å². The Kier molecular flexibility index (Phi) is 4.12. The highest BCUT2D eigenvalue weighted by Crippen LogP contribution is 2.22. The summed E-state index contributed by atoms with van der Waals surface area (Å²) in [5.74, 6) is 0.0350. The average Bonchev–Trinajstić information content (AvgIpc) is 3.11. The number of rotatable bonds is 3. The van der Waals surface area contributed by atoms with Gasteiger partial charge in [0.25, 0.3) is 0 Å². The molecule has 5 nitrogen and oxygen atoms in total. The second-order valence-electron chi connectivity index (χ2n) is 5.21. The van der Waals surface area contributed by atoms with Gasteiger partial charge >= 0.3 is 0 Å². The molecule has 2 heterocycles. The van der Waals surface area contributed by atoms with E-state index in [-0.39, 0.29) is 11.8 Å². The SMILES string of the molecule is N#CN(C(=O)[C@H]1CCNC1)c1cccc(-c2ccccc2)n1. The average molecular weight is 292 g/mol. The van der Waals surface area contributed by atoms with E-state index in [1.165, 1.54) is 0 Å². The van der Waals surface area contributed by atoms with Gasteiger partial charge in [0.15, 0.2) is 6.19 Å². The fraction of sp³-hybridized carbons (Fsp3) is 0.235. The summed E-state index contributed by atoms with van der Waals surface area (Å²) in [6, 6.07) is 15.1. The Labute approximate surface area is 129 Å². The molecule has 1 aliphatic rings. The molecule has 110 valence electrons. The van der Waals surface area contributed by atoms with E-state index >= 15 is 0 Å². The lowest BCUT2D eigenvalue weighted by atomic mass is 10.1. The van der Waals surface area contributed by atoms with Crippen LogP contribution < -0.4 is 10.2 Å². The lowest BCUT2D eigenvalue weighted by Crippen LogP contribution is -2.34. The molecule has 0 unspecified atom stereocenters. The van der Waals surface area contributed by atoms with Crippen LogP contribution in [0.3, 0.4) is 0 Å². The maximum Gasteiger partial charge on any atom is 0.246 e. The summed E-state index contributed by atoms with van der Waals surface area (Å²) in [5, 5.41) is 12.5. The largest absolute Gasteiger partial charge is 0.316 e. The van der Waals surface area contributed by atoms with E-state index in [2.05, 4.69) is 10.3 Å². The molecule has 5 heteroatoms. The highest BCUT2D eigenvalue weighted by Gasteiger charge is 2.29. The van der Waals surface area contributed by atoms with Crippen LogP contribution in [-0.2, 0) is 4.79 Å². The normalized spacial score (nSPS) is 17.0. The predicted octanol–water partition coefficient (Wildman–Crippen LogP) is 2.17. The second kappa shape index (κ2) is 6.37. The molecule has 22 heavy (non-hydrogen) atoms. The molecule has 1 amide bonds. The number of nitrogens with zero attached hydrogens (tertiary/aromatic N) is 3. The first-order chi connectivity index (χ1) is 10.8. The summed E-state index contributed by atoms with van der Waals surface area (Å²) in [6.45, 7) is 1.43. The third-order valence-electron chi connectivity index (χ3n) is 3.76. The highest BCUT2D eigenvalue weighted by atomic mass is 16.2. The van der Waals surface area contributed by atoms with Gasteiger partial charge < -0.3 is 5.32 Å². The molecule has 3 rings (SSSR count). The summed E-state index contributed by atoms with van der Waals surface area (Å²) >= 11 is 0. The molecule has 1 saturated heterocycles. The molecule has 0 aliphatic carbocycles. The summed E-state index contributed by atoms with van der Waals surface area (Å²) < 4.78 is 0. The van der Waals surface area contributed by atoms with Crippen molar-refractivity contribution in [3.63, 3.8) is 0 Å². The lowest BCUT2D eigenvalue weighted by Gasteiger charge is -2.17. The number of amides is 1. The van der Waals surface area contributed by atoms with Gasteiger partial charge in [0, 0.05) is 12.1 Å². The number of carbonyl (C=O) groups is 1. The van der Waals surface area contributed by atoms with Crippen molar-refractivity contribution >= 4 is 11.7 Å². The number of pyridine rings is 1. The molecule has 1 aliphatic heterocycles. The fourth-order valence-corrected chi connectivity index (χ4v) is 2.58. The molecule has 0 saturated carbocycles. The Morgan fingerprint density at radius 2 is 2.05 bits per heavy atom. The van der Waals surface area contributed by atoms with Crippen LogP contribution in [0.1, 0.15) is 6.42 Å². The van der Waals surface area contributed by atoms with Gasteiger partial charge in [0.2, 0.25) is 5.91 Å². The fourth-order valence-electron chi connectivity index (χ4n) is 2.58. The van der Waals surface area contributed by atoms with E-state index in [1.807, 2.05) is 48.7 Å². The molecular formula is C17H16N4O. The molecule has 1 aromatic heterocycles. The zero-order chi connectivity index (χ0) is 15.4. The van der Waals surface area contributed by atoms with Crippen LogP contribution in [0.25, 0.3) is 11.3 Å². The van der Waals surface area contributed by atoms with Crippen molar-refractivity contribution in [3.05, 3.63) is 48.5 Å². The van der Waals surface area contributed by atoms with Crippen LogP contribution in [0, 0.1) is 17.4 Å². The van der Waals surface area contributed by atoms with Gasteiger partial charge in [-0.05, 0) is 25.1 Å². The van der Waals surface area contributed by atoms with Crippen LogP contribution in [0.5, 0.6) is 0 Å². The van der Waals surface area contributed by atoms with Crippen molar-refractivity contribution in [3.8, 4) is 17.5 Å². The zero-order valence-electron chi connectivity index (χ0n) is 12.1. The van der Waals surface area contributed by atoms with Crippen molar-refractivity contribution < 1.29 is 4.79 Å². The van der Waals surface area contributed by atoms with Gasteiger partial charge in [-0.1, -0.05) is 36.4 Å².